The third kappa shape index (κ3) is 2.28. The summed E-state index contributed by atoms with van der Waals surface area (Å²) < 4.78 is 2.13. The molecule has 0 saturated carbocycles. The molecule has 0 aromatic carbocycles. The number of rotatable bonds is 3. The van der Waals surface area contributed by atoms with E-state index in [1.807, 2.05) is 25.5 Å². The Morgan fingerprint density at radius 1 is 1.50 bits per heavy atom. The maximum atomic E-state index is 12.4. The number of nitrogens with one attached hydrogen (secondary N) is 1. The van der Waals surface area contributed by atoms with E-state index >= 15 is 0 Å². The maximum Gasteiger partial charge on any atom is 0.263 e. The van der Waals surface area contributed by atoms with Gasteiger partial charge in [-0.3, -0.25) is 9.36 Å². The zero-order chi connectivity index (χ0) is 13.5. The van der Waals surface area contributed by atoms with Crippen molar-refractivity contribution in [1.82, 2.24) is 14.5 Å². The summed E-state index contributed by atoms with van der Waals surface area (Å²) in [4.78, 5) is 18.4. The van der Waals surface area contributed by atoms with Crippen molar-refractivity contribution < 1.29 is 0 Å². The molecule has 18 heavy (non-hydrogen) atoms. The summed E-state index contributed by atoms with van der Waals surface area (Å²) in [6, 6.07) is 1.84. The summed E-state index contributed by atoms with van der Waals surface area (Å²) in [5, 5.41) is 2.61. The van der Waals surface area contributed by atoms with Crippen molar-refractivity contribution in [3.05, 3.63) is 26.6 Å². The minimum absolute atomic E-state index is 0.00933. The number of hydrogen-bond donors (Lipinski definition) is 1. The Balaban J connectivity index is 2.58. The van der Waals surface area contributed by atoms with Gasteiger partial charge >= 0.3 is 0 Å². The Kier molecular flexibility index (Phi) is 3.44. The lowest BCUT2D eigenvalue weighted by atomic mass is 10.0. The number of aromatic nitrogens is 2. The maximum absolute atomic E-state index is 12.4. The van der Waals surface area contributed by atoms with Crippen molar-refractivity contribution >= 4 is 33.8 Å². The highest BCUT2D eigenvalue weighted by Gasteiger charge is 2.22. The van der Waals surface area contributed by atoms with Crippen LogP contribution in [-0.2, 0) is 6.54 Å². The Bertz CT molecular complexity index is 678. The molecule has 4 nitrogen and oxygen atoms in total. The van der Waals surface area contributed by atoms with E-state index in [0.29, 0.717) is 16.7 Å². The van der Waals surface area contributed by atoms with E-state index < -0.39 is 0 Å². The van der Waals surface area contributed by atoms with Crippen molar-refractivity contribution in [2.75, 3.05) is 14.1 Å². The zero-order valence-corrected chi connectivity index (χ0v) is 12.6. The number of thiophene rings is 1. The zero-order valence-electron chi connectivity index (χ0n) is 11.0. The fourth-order valence-corrected chi connectivity index (χ4v) is 2.74. The van der Waals surface area contributed by atoms with Gasteiger partial charge in [-0.15, -0.1) is 11.3 Å². The van der Waals surface area contributed by atoms with Crippen molar-refractivity contribution in [1.29, 1.82) is 0 Å². The first-order valence-electron chi connectivity index (χ1n) is 5.71. The molecule has 6 heteroatoms. The predicted molar refractivity (Wildman–Crippen MR) is 79.0 cm³/mol. The molecule has 2 aromatic rings. The third-order valence-corrected chi connectivity index (χ3v) is 4.51. The Morgan fingerprint density at radius 3 is 2.78 bits per heavy atom. The number of fused-ring (bicyclic) bond motifs is 1. The summed E-state index contributed by atoms with van der Waals surface area (Å²) in [6.07, 6.45) is 0. The number of hydrogen-bond acceptors (Lipinski definition) is 4. The van der Waals surface area contributed by atoms with E-state index in [9.17, 15) is 4.79 Å². The first-order chi connectivity index (χ1) is 8.33. The lowest BCUT2D eigenvalue weighted by Crippen LogP contribution is -2.44. The standard InChI is InChI=1S/C12H17N3OS2/c1-12(2,14(3)4)7-15-10(16)8-5-6-18-9(8)13-11(15)17/h5-6H,7H2,1-4H3,(H,13,17). The highest BCUT2D eigenvalue weighted by molar-refractivity contribution is 7.71. The van der Waals surface area contributed by atoms with Crippen LogP contribution in [0, 0.1) is 4.77 Å². The van der Waals surface area contributed by atoms with Gasteiger partial charge in [0.05, 0.1) is 5.39 Å². The molecule has 0 fully saturated rings. The molecule has 1 N–H and O–H groups in total. The summed E-state index contributed by atoms with van der Waals surface area (Å²) in [5.41, 5.74) is -0.139. The van der Waals surface area contributed by atoms with E-state index in [0.717, 1.165) is 4.83 Å². The lowest BCUT2D eigenvalue weighted by molar-refractivity contribution is 0.167. The lowest BCUT2D eigenvalue weighted by Gasteiger charge is -2.32. The molecule has 0 saturated heterocycles. The summed E-state index contributed by atoms with van der Waals surface area (Å²) >= 11 is 6.79. The minimum Gasteiger partial charge on any atom is -0.323 e. The van der Waals surface area contributed by atoms with Crippen LogP contribution in [0.3, 0.4) is 0 Å². The van der Waals surface area contributed by atoms with Crippen molar-refractivity contribution in [2.45, 2.75) is 25.9 Å². The average molecular weight is 283 g/mol. The smallest absolute Gasteiger partial charge is 0.263 e. The molecule has 0 unspecified atom stereocenters. The number of likely N-dealkylation sites (N-methyl/N-ethyl adjacent to an activating group) is 1. The molecule has 0 radical (unpaired) electrons. The van der Waals surface area contributed by atoms with Crippen LogP contribution >= 0.6 is 23.6 Å². The van der Waals surface area contributed by atoms with Gasteiger partial charge in [0.2, 0.25) is 0 Å². The molecule has 0 aliphatic rings. The van der Waals surface area contributed by atoms with Gasteiger partial charge in [-0.25, -0.2) is 0 Å². The quantitative estimate of drug-likeness (QED) is 0.880. The molecule has 98 valence electrons. The van der Waals surface area contributed by atoms with Crippen LogP contribution in [0.1, 0.15) is 13.8 Å². The molecule has 0 spiro atoms. The van der Waals surface area contributed by atoms with Gasteiger partial charge in [0.15, 0.2) is 4.77 Å². The second-order valence-electron chi connectivity index (χ2n) is 5.19. The van der Waals surface area contributed by atoms with Crippen LogP contribution in [0.4, 0.5) is 0 Å². The highest BCUT2D eigenvalue weighted by Crippen LogP contribution is 2.16. The number of aromatic amines is 1. The SMILES string of the molecule is CN(C)C(C)(C)Cn1c(=S)[nH]c2sccc2c1=O. The summed E-state index contributed by atoms with van der Waals surface area (Å²) in [5.74, 6) is 0. The topological polar surface area (TPSA) is 41.0 Å². The summed E-state index contributed by atoms with van der Waals surface area (Å²) in [7, 11) is 4.00. The van der Waals surface area contributed by atoms with E-state index in [1.54, 1.807) is 4.57 Å². The predicted octanol–water partition coefficient (Wildman–Crippen LogP) is 2.46. The molecule has 0 bridgehead atoms. The van der Waals surface area contributed by atoms with E-state index in [4.69, 9.17) is 12.2 Å². The Morgan fingerprint density at radius 2 is 2.17 bits per heavy atom. The van der Waals surface area contributed by atoms with Gasteiger partial charge in [-0.05, 0) is 51.6 Å². The monoisotopic (exact) mass is 283 g/mol. The molecule has 2 heterocycles. The average Bonchev–Trinajstić information content (AvgIpc) is 2.72. The second kappa shape index (κ2) is 4.60. The van der Waals surface area contributed by atoms with Gasteiger partial charge in [0.25, 0.3) is 5.56 Å². The number of nitrogens with zero attached hydrogens (tertiary/aromatic N) is 2. The van der Waals surface area contributed by atoms with Crippen LogP contribution in [0.25, 0.3) is 10.2 Å². The number of H-pyrrole nitrogens is 1. The van der Waals surface area contributed by atoms with Gasteiger partial charge in [0.1, 0.15) is 4.83 Å². The first kappa shape index (κ1) is 13.5. The fourth-order valence-electron chi connectivity index (χ4n) is 1.65. The van der Waals surface area contributed by atoms with Crippen molar-refractivity contribution in [3.8, 4) is 0 Å². The van der Waals surface area contributed by atoms with E-state index in [1.165, 1.54) is 11.3 Å². The molecule has 0 aliphatic heterocycles. The molecule has 2 aromatic heterocycles. The molecule has 0 amide bonds. The summed E-state index contributed by atoms with van der Waals surface area (Å²) in [6.45, 7) is 4.75. The van der Waals surface area contributed by atoms with Crippen LogP contribution in [0.5, 0.6) is 0 Å². The molecule has 2 rings (SSSR count). The molecular weight excluding hydrogens is 266 g/mol. The minimum atomic E-state index is -0.130. The van der Waals surface area contributed by atoms with Crippen LogP contribution < -0.4 is 5.56 Å². The van der Waals surface area contributed by atoms with Crippen LogP contribution in [0.15, 0.2) is 16.2 Å². The van der Waals surface area contributed by atoms with E-state index in [2.05, 4.69) is 23.7 Å². The van der Waals surface area contributed by atoms with Gasteiger partial charge < -0.3 is 9.88 Å². The molecule has 0 aliphatic carbocycles. The van der Waals surface area contributed by atoms with Crippen molar-refractivity contribution in [3.63, 3.8) is 0 Å². The third-order valence-electron chi connectivity index (χ3n) is 3.36. The van der Waals surface area contributed by atoms with Crippen LogP contribution in [0.2, 0.25) is 0 Å². The molecule has 0 atom stereocenters. The van der Waals surface area contributed by atoms with E-state index in [-0.39, 0.29) is 11.1 Å². The Labute approximate surface area is 115 Å². The molecular formula is C12H17N3OS2. The van der Waals surface area contributed by atoms with Gasteiger partial charge in [-0.2, -0.15) is 0 Å². The normalized spacial score (nSPS) is 12.5. The van der Waals surface area contributed by atoms with Gasteiger partial charge in [-0.1, -0.05) is 0 Å². The largest absolute Gasteiger partial charge is 0.323 e. The van der Waals surface area contributed by atoms with Gasteiger partial charge in [0, 0.05) is 12.1 Å². The first-order valence-corrected chi connectivity index (χ1v) is 6.99. The van der Waals surface area contributed by atoms with Crippen molar-refractivity contribution in [2.24, 2.45) is 0 Å². The Hall–Kier alpha value is -0.980. The van der Waals surface area contributed by atoms with Crippen LogP contribution in [-0.4, -0.2) is 34.1 Å². The fraction of sp³-hybridized carbons (Fsp3) is 0.500. The second-order valence-corrected chi connectivity index (χ2v) is 6.49. The highest BCUT2D eigenvalue weighted by atomic mass is 32.1.